The minimum Gasteiger partial charge on any atom is -0.481 e. The summed E-state index contributed by atoms with van der Waals surface area (Å²) in [6, 6.07) is 3.94. The molecule has 0 saturated heterocycles. The lowest BCUT2D eigenvalue weighted by molar-refractivity contribution is -0.142. The standard InChI is InChI=1S/C13H14ClFN4O2/c1-7(13(20)21)8(2)19-12(16-17-18-19)6-9-10(14)4-3-5-11(9)15/h3-5,7-8H,6H2,1-2H3,(H,20,21). The number of tetrazole rings is 1. The van der Waals surface area contributed by atoms with E-state index in [0.717, 1.165) is 0 Å². The maximum Gasteiger partial charge on any atom is 0.308 e. The van der Waals surface area contributed by atoms with Gasteiger partial charge in [-0.25, -0.2) is 9.07 Å². The Morgan fingerprint density at radius 2 is 2.19 bits per heavy atom. The van der Waals surface area contributed by atoms with Crippen LogP contribution in [0.15, 0.2) is 18.2 Å². The average molecular weight is 313 g/mol. The Balaban J connectivity index is 2.31. The molecular weight excluding hydrogens is 299 g/mol. The van der Waals surface area contributed by atoms with E-state index in [1.54, 1.807) is 19.9 Å². The van der Waals surface area contributed by atoms with E-state index in [4.69, 9.17) is 16.7 Å². The molecule has 1 N–H and O–H groups in total. The largest absolute Gasteiger partial charge is 0.481 e. The summed E-state index contributed by atoms with van der Waals surface area (Å²) < 4.78 is 15.2. The molecule has 2 unspecified atom stereocenters. The van der Waals surface area contributed by atoms with E-state index in [1.165, 1.54) is 16.8 Å². The molecule has 2 aromatic rings. The number of rotatable bonds is 5. The van der Waals surface area contributed by atoms with Crippen molar-refractivity contribution in [2.45, 2.75) is 26.3 Å². The fraction of sp³-hybridized carbons (Fsp3) is 0.385. The second kappa shape index (κ2) is 6.17. The van der Waals surface area contributed by atoms with Crippen LogP contribution >= 0.6 is 11.6 Å². The summed E-state index contributed by atoms with van der Waals surface area (Å²) in [5, 5.41) is 20.5. The number of carbonyl (C=O) groups is 1. The molecule has 0 amide bonds. The highest BCUT2D eigenvalue weighted by Crippen LogP contribution is 2.23. The highest BCUT2D eigenvalue weighted by atomic mass is 35.5. The molecule has 0 aliphatic rings. The number of aliphatic carboxylic acids is 1. The molecule has 0 aliphatic heterocycles. The van der Waals surface area contributed by atoms with E-state index >= 15 is 0 Å². The summed E-state index contributed by atoms with van der Waals surface area (Å²) in [5.74, 6) is -1.71. The fourth-order valence-electron chi connectivity index (χ4n) is 1.92. The summed E-state index contributed by atoms with van der Waals surface area (Å²) in [7, 11) is 0. The Bertz CT molecular complexity index is 641. The second-order valence-corrected chi connectivity index (χ2v) is 5.19. The van der Waals surface area contributed by atoms with Crippen molar-refractivity contribution in [2.75, 3.05) is 0 Å². The molecule has 112 valence electrons. The lowest BCUT2D eigenvalue weighted by Gasteiger charge is -2.17. The molecule has 6 nitrogen and oxygen atoms in total. The van der Waals surface area contributed by atoms with Crippen LogP contribution in [0.3, 0.4) is 0 Å². The summed E-state index contributed by atoms with van der Waals surface area (Å²) in [6.07, 6.45) is 0.0924. The molecule has 0 spiro atoms. The first-order valence-corrected chi connectivity index (χ1v) is 6.72. The van der Waals surface area contributed by atoms with Gasteiger partial charge in [0.1, 0.15) is 5.82 Å². The van der Waals surface area contributed by atoms with Crippen molar-refractivity contribution in [1.82, 2.24) is 20.2 Å². The van der Waals surface area contributed by atoms with Gasteiger partial charge in [0.15, 0.2) is 5.82 Å². The van der Waals surface area contributed by atoms with E-state index in [1.807, 2.05) is 0 Å². The molecule has 0 radical (unpaired) electrons. The van der Waals surface area contributed by atoms with Crippen molar-refractivity contribution in [3.8, 4) is 0 Å². The van der Waals surface area contributed by atoms with Gasteiger partial charge in [-0.2, -0.15) is 0 Å². The normalized spacial score (nSPS) is 13.9. The van der Waals surface area contributed by atoms with Crippen molar-refractivity contribution in [2.24, 2.45) is 5.92 Å². The van der Waals surface area contributed by atoms with Gasteiger partial charge < -0.3 is 5.11 Å². The second-order valence-electron chi connectivity index (χ2n) is 4.78. The maximum absolute atomic E-state index is 13.8. The summed E-state index contributed by atoms with van der Waals surface area (Å²) in [6.45, 7) is 3.26. The third kappa shape index (κ3) is 3.18. The zero-order valence-electron chi connectivity index (χ0n) is 11.5. The number of benzene rings is 1. The SMILES string of the molecule is CC(C(=O)O)C(C)n1nnnc1Cc1c(F)cccc1Cl. The average Bonchev–Trinajstić information content (AvgIpc) is 2.89. The maximum atomic E-state index is 13.8. The molecule has 0 bridgehead atoms. The molecule has 1 heterocycles. The van der Waals surface area contributed by atoms with Crippen molar-refractivity contribution in [1.29, 1.82) is 0 Å². The Morgan fingerprint density at radius 3 is 2.81 bits per heavy atom. The van der Waals surface area contributed by atoms with Gasteiger partial charge in [0, 0.05) is 17.0 Å². The third-order valence-electron chi connectivity index (χ3n) is 3.46. The molecule has 1 aromatic heterocycles. The molecule has 2 atom stereocenters. The Morgan fingerprint density at radius 1 is 1.48 bits per heavy atom. The van der Waals surface area contributed by atoms with Gasteiger partial charge in [-0.05, 0) is 36.4 Å². The number of nitrogens with zero attached hydrogens (tertiary/aromatic N) is 4. The number of hydrogen-bond donors (Lipinski definition) is 1. The van der Waals surface area contributed by atoms with Gasteiger partial charge in [-0.15, -0.1) is 5.10 Å². The zero-order chi connectivity index (χ0) is 15.6. The predicted molar refractivity (Wildman–Crippen MR) is 73.5 cm³/mol. The Kier molecular flexibility index (Phi) is 4.52. The van der Waals surface area contributed by atoms with Crippen LogP contribution in [-0.2, 0) is 11.2 Å². The van der Waals surface area contributed by atoms with Crippen molar-refractivity contribution in [3.63, 3.8) is 0 Å². The van der Waals surface area contributed by atoms with E-state index in [9.17, 15) is 9.18 Å². The molecule has 2 rings (SSSR count). The van der Waals surface area contributed by atoms with Gasteiger partial charge in [0.05, 0.1) is 12.0 Å². The number of carboxylic acids is 1. The van der Waals surface area contributed by atoms with Crippen LogP contribution in [0.4, 0.5) is 4.39 Å². The lowest BCUT2D eigenvalue weighted by atomic mass is 10.0. The topological polar surface area (TPSA) is 80.9 Å². The molecule has 0 aliphatic carbocycles. The highest BCUT2D eigenvalue weighted by Gasteiger charge is 2.25. The monoisotopic (exact) mass is 312 g/mol. The first-order chi connectivity index (χ1) is 9.91. The lowest BCUT2D eigenvalue weighted by Crippen LogP contribution is -2.24. The van der Waals surface area contributed by atoms with Crippen molar-refractivity contribution < 1.29 is 14.3 Å². The van der Waals surface area contributed by atoms with Crippen molar-refractivity contribution >= 4 is 17.6 Å². The van der Waals surface area contributed by atoms with Crippen LogP contribution in [0, 0.1) is 11.7 Å². The highest BCUT2D eigenvalue weighted by molar-refractivity contribution is 6.31. The Labute approximate surface area is 125 Å². The van der Waals surface area contributed by atoms with Gasteiger partial charge in [0.2, 0.25) is 0 Å². The van der Waals surface area contributed by atoms with Gasteiger partial charge in [-0.3, -0.25) is 4.79 Å². The number of halogens is 2. The molecule has 0 fully saturated rings. The van der Waals surface area contributed by atoms with Crippen LogP contribution < -0.4 is 0 Å². The van der Waals surface area contributed by atoms with Gasteiger partial charge in [-0.1, -0.05) is 17.7 Å². The summed E-state index contributed by atoms with van der Waals surface area (Å²) in [4.78, 5) is 11.1. The van der Waals surface area contributed by atoms with Crippen LogP contribution in [-0.4, -0.2) is 31.3 Å². The smallest absolute Gasteiger partial charge is 0.308 e. The van der Waals surface area contributed by atoms with E-state index in [0.29, 0.717) is 5.82 Å². The van der Waals surface area contributed by atoms with Gasteiger partial charge in [0.25, 0.3) is 0 Å². The minimum atomic E-state index is -0.951. The summed E-state index contributed by atoms with van der Waals surface area (Å²) >= 11 is 5.98. The van der Waals surface area contributed by atoms with Crippen LogP contribution in [0.25, 0.3) is 0 Å². The quantitative estimate of drug-likeness (QED) is 0.916. The van der Waals surface area contributed by atoms with E-state index in [-0.39, 0.29) is 17.0 Å². The zero-order valence-corrected chi connectivity index (χ0v) is 12.3. The van der Waals surface area contributed by atoms with Crippen molar-refractivity contribution in [3.05, 3.63) is 40.4 Å². The fourth-order valence-corrected chi connectivity index (χ4v) is 2.15. The molecule has 21 heavy (non-hydrogen) atoms. The molecule has 0 saturated carbocycles. The minimum absolute atomic E-state index is 0.0924. The van der Waals surface area contributed by atoms with E-state index in [2.05, 4.69) is 15.5 Å². The van der Waals surface area contributed by atoms with Gasteiger partial charge >= 0.3 is 5.97 Å². The molecule has 1 aromatic carbocycles. The number of carboxylic acid groups (broad SMARTS) is 1. The predicted octanol–water partition coefficient (Wildman–Crippen LogP) is 2.34. The number of aromatic nitrogens is 4. The molecular formula is C13H14ClFN4O2. The summed E-state index contributed by atoms with van der Waals surface area (Å²) in [5.41, 5.74) is 0.283. The number of hydrogen-bond acceptors (Lipinski definition) is 4. The Hall–Kier alpha value is -2.02. The first kappa shape index (κ1) is 15.4. The van der Waals surface area contributed by atoms with Crippen LogP contribution in [0.2, 0.25) is 5.02 Å². The third-order valence-corrected chi connectivity index (χ3v) is 3.81. The molecule has 8 heteroatoms. The van der Waals surface area contributed by atoms with Crippen LogP contribution in [0.1, 0.15) is 31.3 Å². The van der Waals surface area contributed by atoms with E-state index < -0.39 is 23.7 Å². The first-order valence-electron chi connectivity index (χ1n) is 6.34. The van der Waals surface area contributed by atoms with Crippen LogP contribution in [0.5, 0.6) is 0 Å².